The Morgan fingerprint density at radius 3 is 2.33 bits per heavy atom. The third kappa shape index (κ3) is 2.86. The molecule has 1 unspecified atom stereocenters. The Kier molecular flexibility index (Phi) is 3.70. The highest BCUT2D eigenvalue weighted by molar-refractivity contribution is 6.74. The van der Waals surface area contributed by atoms with Crippen LogP contribution in [-0.2, 0) is 17.3 Å². The van der Waals surface area contributed by atoms with Crippen LogP contribution in [0.25, 0.3) is 0 Å². The predicted molar refractivity (Wildman–Crippen MR) is 80.5 cm³/mol. The van der Waals surface area contributed by atoms with E-state index in [9.17, 15) is 0 Å². The van der Waals surface area contributed by atoms with Gasteiger partial charge in [-0.2, -0.15) is 0 Å². The van der Waals surface area contributed by atoms with Crippen molar-refractivity contribution in [3.05, 3.63) is 35.4 Å². The first-order valence-electron chi connectivity index (χ1n) is 7.04. The number of aryl methyl sites for hydroxylation is 1. The van der Waals surface area contributed by atoms with Crippen LogP contribution in [0.15, 0.2) is 24.3 Å². The maximum atomic E-state index is 6.54. The molecule has 1 aliphatic carbocycles. The van der Waals surface area contributed by atoms with Crippen LogP contribution in [0.1, 0.15) is 38.3 Å². The summed E-state index contributed by atoms with van der Waals surface area (Å²) in [5.74, 6) is 0. The second-order valence-electron chi connectivity index (χ2n) is 7.01. The largest absolute Gasteiger partial charge is 0.414 e. The number of hydrogen-bond acceptors (Lipinski definition) is 1. The zero-order valence-electron chi connectivity index (χ0n) is 12.4. The number of hydrogen-bond donors (Lipinski definition) is 0. The van der Waals surface area contributed by atoms with Crippen molar-refractivity contribution in [2.45, 2.75) is 64.3 Å². The minimum Gasteiger partial charge on any atom is -0.414 e. The zero-order chi connectivity index (χ0) is 13.4. The molecule has 0 spiro atoms. The van der Waals surface area contributed by atoms with E-state index in [1.165, 1.54) is 24.0 Å². The van der Waals surface area contributed by atoms with Crippen molar-refractivity contribution < 1.29 is 4.43 Å². The molecule has 0 N–H and O–H groups in total. The molecule has 2 rings (SSSR count). The Labute approximate surface area is 113 Å². The van der Waals surface area contributed by atoms with E-state index in [-0.39, 0.29) is 0 Å². The molecule has 0 heterocycles. The Morgan fingerprint density at radius 1 is 1.11 bits per heavy atom. The van der Waals surface area contributed by atoms with E-state index in [4.69, 9.17) is 4.43 Å². The summed E-state index contributed by atoms with van der Waals surface area (Å²) < 4.78 is 6.54. The molecule has 0 radical (unpaired) electrons. The number of fused-ring (bicyclic) bond motifs is 1. The van der Waals surface area contributed by atoms with Crippen molar-refractivity contribution in [3.63, 3.8) is 0 Å². The summed E-state index contributed by atoms with van der Waals surface area (Å²) in [4.78, 5) is 0. The normalized spacial score (nSPS) is 20.6. The van der Waals surface area contributed by atoms with Crippen LogP contribution in [0, 0.1) is 0 Å². The fourth-order valence-corrected chi connectivity index (χ4v) is 3.75. The van der Waals surface area contributed by atoms with E-state index >= 15 is 0 Å². The lowest BCUT2D eigenvalue weighted by Crippen LogP contribution is -2.45. The molecule has 0 aromatic heterocycles. The van der Waals surface area contributed by atoms with Gasteiger partial charge in [-0.1, -0.05) is 45.0 Å². The molecule has 0 aliphatic heterocycles. The SMILES string of the molecule is CC(C)(C)[Si](C)(C)OC1CCc2ccccc2C1. The third-order valence-corrected chi connectivity index (χ3v) is 9.10. The Balaban J connectivity index is 2.06. The molecule has 0 saturated carbocycles. The standard InChI is InChI=1S/C16H26OSi/c1-16(2,3)18(4,5)17-15-11-10-13-8-6-7-9-14(13)12-15/h6-9,15H,10-12H2,1-5H3. The molecule has 100 valence electrons. The van der Waals surface area contributed by atoms with E-state index in [1.807, 2.05) is 0 Å². The number of benzene rings is 1. The van der Waals surface area contributed by atoms with Gasteiger partial charge in [0.1, 0.15) is 0 Å². The highest BCUT2D eigenvalue weighted by Crippen LogP contribution is 2.38. The second kappa shape index (κ2) is 4.82. The van der Waals surface area contributed by atoms with E-state index in [1.54, 1.807) is 0 Å². The lowest BCUT2D eigenvalue weighted by molar-refractivity contribution is 0.165. The van der Waals surface area contributed by atoms with Crippen molar-refractivity contribution in [1.82, 2.24) is 0 Å². The first-order valence-corrected chi connectivity index (χ1v) is 9.95. The minimum atomic E-state index is -1.61. The number of rotatable bonds is 2. The molecule has 0 saturated heterocycles. The molecule has 1 nitrogen and oxygen atoms in total. The highest BCUT2D eigenvalue weighted by Gasteiger charge is 2.39. The predicted octanol–water partition coefficient (Wildman–Crippen LogP) is 4.57. The molecule has 1 aromatic rings. The van der Waals surface area contributed by atoms with Gasteiger partial charge in [-0.15, -0.1) is 0 Å². The van der Waals surface area contributed by atoms with E-state index in [0.29, 0.717) is 11.1 Å². The van der Waals surface area contributed by atoms with Crippen LogP contribution in [-0.4, -0.2) is 14.4 Å². The maximum Gasteiger partial charge on any atom is 0.192 e. The second-order valence-corrected chi connectivity index (χ2v) is 11.8. The lowest BCUT2D eigenvalue weighted by atomic mass is 9.90. The molecular formula is C16H26OSi. The van der Waals surface area contributed by atoms with Gasteiger partial charge >= 0.3 is 0 Å². The molecule has 18 heavy (non-hydrogen) atoms. The van der Waals surface area contributed by atoms with Crippen LogP contribution in [0.3, 0.4) is 0 Å². The Bertz CT molecular complexity index is 417. The molecular weight excluding hydrogens is 236 g/mol. The monoisotopic (exact) mass is 262 g/mol. The summed E-state index contributed by atoms with van der Waals surface area (Å²) in [6, 6.07) is 8.82. The zero-order valence-corrected chi connectivity index (χ0v) is 13.4. The summed E-state index contributed by atoms with van der Waals surface area (Å²) in [5, 5.41) is 0.309. The van der Waals surface area contributed by atoms with Gasteiger partial charge in [0.15, 0.2) is 8.32 Å². The van der Waals surface area contributed by atoms with Crippen LogP contribution < -0.4 is 0 Å². The first-order chi connectivity index (χ1) is 8.29. The average molecular weight is 262 g/mol. The molecule has 2 heteroatoms. The Hall–Kier alpha value is -0.603. The molecule has 1 aromatic carbocycles. The van der Waals surface area contributed by atoms with Crippen LogP contribution in [0.5, 0.6) is 0 Å². The van der Waals surface area contributed by atoms with Crippen molar-refractivity contribution in [1.29, 1.82) is 0 Å². The van der Waals surface area contributed by atoms with Gasteiger partial charge in [0.05, 0.1) is 0 Å². The van der Waals surface area contributed by atoms with Crippen molar-refractivity contribution in [2.75, 3.05) is 0 Å². The van der Waals surface area contributed by atoms with Crippen LogP contribution >= 0.6 is 0 Å². The first kappa shape index (κ1) is 13.8. The molecule has 0 bridgehead atoms. The topological polar surface area (TPSA) is 9.23 Å². The average Bonchev–Trinajstić information content (AvgIpc) is 2.27. The molecule has 0 fully saturated rings. The molecule has 1 atom stereocenters. The summed E-state index contributed by atoms with van der Waals surface area (Å²) in [6.07, 6.45) is 3.89. The maximum absolute atomic E-state index is 6.54. The van der Waals surface area contributed by atoms with Gasteiger partial charge in [0.2, 0.25) is 0 Å². The van der Waals surface area contributed by atoms with Crippen molar-refractivity contribution in [2.24, 2.45) is 0 Å². The van der Waals surface area contributed by atoms with E-state index < -0.39 is 8.32 Å². The summed E-state index contributed by atoms with van der Waals surface area (Å²) in [7, 11) is -1.61. The molecule has 1 aliphatic rings. The van der Waals surface area contributed by atoms with Gasteiger partial charge in [-0.05, 0) is 48.5 Å². The van der Waals surface area contributed by atoms with Crippen LogP contribution in [0.2, 0.25) is 18.1 Å². The summed E-state index contributed by atoms with van der Waals surface area (Å²) in [6.45, 7) is 11.7. The van der Waals surface area contributed by atoms with Gasteiger partial charge in [0, 0.05) is 6.10 Å². The van der Waals surface area contributed by atoms with Crippen LogP contribution in [0.4, 0.5) is 0 Å². The van der Waals surface area contributed by atoms with Crippen molar-refractivity contribution in [3.8, 4) is 0 Å². The quantitative estimate of drug-likeness (QED) is 0.710. The fraction of sp³-hybridized carbons (Fsp3) is 0.625. The van der Waals surface area contributed by atoms with Gasteiger partial charge in [-0.3, -0.25) is 0 Å². The van der Waals surface area contributed by atoms with Gasteiger partial charge in [-0.25, -0.2) is 0 Å². The Morgan fingerprint density at radius 2 is 1.72 bits per heavy atom. The van der Waals surface area contributed by atoms with Crippen molar-refractivity contribution >= 4 is 8.32 Å². The lowest BCUT2D eigenvalue weighted by Gasteiger charge is -2.40. The fourth-order valence-electron chi connectivity index (χ4n) is 2.36. The minimum absolute atomic E-state index is 0.309. The molecule has 0 amide bonds. The smallest absolute Gasteiger partial charge is 0.192 e. The summed E-state index contributed by atoms with van der Waals surface area (Å²) >= 11 is 0. The third-order valence-electron chi connectivity index (χ3n) is 4.57. The van der Waals surface area contributed by atoms with E-state index in [0.717, 1.165) is 6.42 Å². The van der Waals surface area contributed by atoms with Gasteiger partial charge in [0.25, 0.3) is 0 Å². The van der Waals surface area contributed by atoms with E-state index in [2.05, 4.69) is 58.1 Å². The highest BCUT2D eigenvalue weighted by atomic mass is 28.4. The summed E-state index contributed by atoms with van der Waals surface area (Å²) in [5.41, 5.74) is 3.01. The van der Waals surface area contributed by atoms with Gasteiger partial charge < -0.3 is 4.43 Å².